The second-order valence-electron chi connectivity index (χ2n) is 4.09. The van der Waals surface area contributed by atoms with Gasteiger partial charge in [0.1, 0.15) is 4.88 Å². The number of benzene rings is 2. The number of hydrogen-bond acceptors (Lipinski definition) is 3. The van der Waals surface area contributed by atoms with Gasteiger partial charge in [0.15, 0.2) is 0 Å². The summed E-state index contributed by atoms with van der Waals surface area (Å²) in [6, 6.07) is 19.1. The highest BCUT2D eigenvalue weighted by molar-refractivity contribution is 7.12. The Bertz CT molecular complexity index is 689. The van der Waals surface area contributed by atoms with Crippen molar-refractivity contribution >= 4 is 17.1 Å². The minimum absolute atomic E-state index is 0.0296. The van der Waals surface area contributed by atoms with E-state index in [0.717, 1.165) is 11.3 Å². The van der Waals surface area contributed by atoms with Crippen molar-refractivity contribution in [2.45, 2.75) is 0 Å². The number of thiazole rings is 1. The van der Waals surface area contributed by atoms with Gasteiger partial charge in [0.05, 0.1) is 11.2 Å². The quantitative estimate of drug-likeness (QED) is 0.669. The molecule has 1 aromatic heterocycles. The molecule has 92 valence electrons. The molecule has 0 amide bonds. The lowest BCUT2D eigenvalue weighted by molar-refractivity contribution is 0.104. The predicted octanol–water partition coefficient (Wildman–Crippen LogP) is 4.04. The van der Waals surface area contributed by atoms with Crippen LogP contribution in [0.15, 0.2) is 66.2 Å². The fourth-order valence-corrected chi connectivity index (χ4v) is 2.70. The molecule has 0 saturated heterocycles. The van der Waals surface area contributed by atoms with Gasteiger partial charge in [0, 0.05) is 11.1 Å². The minimum atomic E-state index is 0.0296. The van der Waals surface area contributed by atoms with E-state index in [2.05, 4.69) is 4.98 Å². The molecule has 0 radical (unpaired) electrons. The fourth-order valence-electron chi connectivity index (χ4n) is 1.93. The van der Waals surface area contributed by atoms with Crippen LogP contribution in [0.5, 0.6) is 0 Å². The van der Waals surface area contributed by atoms with Crippen molar-refractivity contribution in [1.82, 2.24) is 4.98 Å². The molecular formula is C16H11NOS. The Morgan fingerprint density at radius 1 is 0.895 bits per heavy atom. The van der Waals surface area contributed by atoms with Crippen molar-refractivity contribution in [3.8, 4) is 11.3 Å². The van der Waals surface area contributed by atoms with Crippen LogP contribution in [0.1, 0.15) is 15.2 Å². The molecule has 2 aromatic carbocycles. The first kappa shape index (κ1) is 11.8. The van der Waals surface area contributed by atoms with Gasteiger partial charge in [-0.3, -0.25) is 4.79 Å². The third kappa shape index (κ3) is 2.33. The van der Waals surface area contributed by atoms with Crippen molar-refractivity contribution in [2.75, 3.05) is 0 Å². The smallest absolute Gasteiger partial charge is 0.205 e. The molecule has 0 saturated carbocycles. The van der Waals surface area contributed by atoms with Crippen molar-refractivity contribution in [1.29, 1.82) is 0 Å². The average molecular weight is 265 g/mol. The van der Waals surface area contributed by atoms with E-state index < -0.39 is 0 Å². The zero-order valence-corrected chi connectivity index (χ0v) is 10.9. The lowest BCUT2D eigenvalue weighted by Gasteiger charge is -2.02. The van der Waals surface area contributed by atoms with Crippen LogP contribution in [0, 0.1) is 0 Å². The largest absolute Gasteiger partial charge is 0.288 e. The first-order valence-electron chi connectivity index (χ1n) is 5.95. The van der Waals surface area contributed by atoms with Gasteiger partial charge >= 0.3 is 0 Å². The van der Waals surface area contributed by atoms with Crippen LogP contribution >= 0.6 is 11.3 Å². The SMILES string of the molecule is O=C(c1ccccc1)c1scnc1-c1ccccc1. The number of hydrogen-bond donors (Lipinski definition) is 0. The van der Waals surface area contributed by atoms with Gasteiger partial charge in [0.25, 0.3) is 0 Å². The zero-order valence-electron chi connectivity index (χ0n) is 10.1. The molecule has 0 unspecified atom stereocenters. The van der Waals surface area contributed by atoms with Crippen LogP contribution in [0.2, 0.25) is 0 Å². The van der Waals surface area contributed by atoms with E-state index in [-0.39, 0.29) is 5.78 Å². The predicted molar refractivity (Wildman–Crippen MR) is 77.4 cm³/mol. The Morgan fingerprint density at radius 3 is 2.21 bits per heavy atom. The second-order valence-corrected chi connectivity index (χ2v) is 4.95. The van der Waals surface area contributed by atoms with Gasteiger partial charge in [-0.15, -0.1) is 11.3 Å². The summed E-state index contributed by atoms with van der Waals surface area (Å²) in [7, 11) is 0. The highest BCUT2D eigenvalue weighted by Crippen LogP contribution is 2.27. The molecule has 3 aromatic rings. The molecule has 19 heavy (non-hydrogen) atoms. The Kier molecular flexibility index (Phi) is 3.21. The molecule has 0 aliphatic carbocycles. The minimum Gasteiger partial charge on any atom is -0.288 e. The van der Waals surface area contributed by atoms with Gasteiger partial charge in [-0.1, -0.05) is 60.7 Å². The van der Waals surface area contributed by atoms with Crippen molar-refractivity contribution in [3.63, 3.8) is 0 Å². The number of ketones is 1. The van der Waals surface area contributed by atoms with Gasteiger partial charge < -0.3 is 0 Å². The molecule has 0 aliphatic rings. The van der Waals surface area contributed by atoms with Crippen LogP contribution in [0.3, 0.4) is 0 Å². The summed E-state index contributed by atoms with van der Waals surface area (Å²) >= 11 is 1.39. The molecule has 0 aliphatic heterocycles. The maximum Gasteiger partial charge on any atom is 0.205 e. The van der Waals surface area contributed by atoms with E-state index in [1.54, 1.807) is 5.51 Å². The maximum absolute atomic E-state index is 12.5. The van der Waals surface area contributed by atoms with Crippen LogP contribution < -0.4 is 0 Å². The average Bonchev–Trinajstić information content (AvgIpc) is 2.98. The third-order valence-corrected chi connectivity index (χ3v) is 3.68. The number of carbonyl (C=O) groups is 1. The van der Waals surface area contributed by atoms with Crippen LogP contribution in [-0.2, 0) is 0 Å². The van der Waals surface area contributed by atoms with Crippen LogP contribution in [0.25, 0.3) is 11.3 Å². The van der Waals surface area contributed by atoms with Crippen molar-refractivity contribution in [3.05, 3.63) is 76.6 Å². The van der Waals surface area contributed by atoms with Crippen LogP contribution in [0.4, 0.5) is 0 Å². The van der Waals surface area contributed by atoms with Gasteiger partial charge in [0.2, 0.25) is 5.78 Å². The van der Waals surface area contributed by atoms with Gasteiger partial charge in [-0.2, -0.15) is 0 Å². The number of carbonyl (C=O) groups excluding carboxylic acids is 1. The lowest BCUT2D eigenvalue weighted by Crippen LogP contribution is -2.00. The number of rotatable bonds is 3. The van der Waals surface area contributed by atoms with Crippen LogP contribution in [-0.4, -0.2) is 10.8 Å². The summed E-state index contributed by atoms with van der Waals surface area (Å²) in [5.74, 6) is 0.0296. The van der Waals surface area contributed by atoms with Crippen molar-refractivity contribution in [2.24, 2.45) is 0 Å². The third-order valence-electron chi connectivity index (χ3n) is 2.86. The first-order chi connectivity index (χ1) is 9.36. The molecule has 0 bridgehead atoms. The molecule has 0 spiro atoms. The molecule has 3 rings (SSSR count). The Labute approximate surface area is 115 Å². The highest BCUT2D eigenvalue weighted by Gasteiger charge is 2.17. The number of nitrogens with zero attached hydrogens (tertiary/aromatic N) is 1. The normalized spacial score (nSPS) is 10.3. The lowest BCUT2D eigenvalue weighted by atomic mass is 10.1. The second kappa shape index (κ2) is 5.16. The van der Waals surface area contributed by atoms with E-state index in [9.17, 15) is 4.79 Å². The Hall–Kier alpha value is -2.26. The monoisotopic (exact) mass is 265 g/mol. The fraction of sp³-hybridized carbons (Fsp3) is 0. The van der Waals surface area contributed by atoms with E-state index in [4.69, 9.17) is 0 Å². The van der Waals surface area contributed by atoms with E-state index in [0.29, 0.717) is 10.4 Å². The summed E-state index contributed by atoms with van der Waals surface area (Å²) in [6.45, 7) is 0. The summed E-state index contributed by atoms with van der Waals surface area (Å²) in [6.07, 6.45) is 0. The van der Waals surface area contributed by atoms with Gasteiger partial charge in [-0.05, 0) is 0 Å². The molecule has 0 atom stereocenters. The molecule has 0 N–H and O–H groups in total. The molecule has 0 fully saturated rings. The summed E-state index contributed by atoms with van der Waals surface area (Å²) < 4.78 is 0. The topological polar surface area (TPSA) is 30.0 Å². The number of aromatic nitrogens is 1. The molecule has 3 heteroatoms. The summed E-state index contributed by atoms with van der Waals surface area (Å²) in [4.78, 5) is 17.5. The van der Waals surface area contributed by atoms with E-state index >= 15 is 0 Å². The highest BCUT2D eigenvalue weighted by atomic mass is 32.1. The Balaban J connectivity index is 2.04. The first-order valence-corrected chi connectivity index (χ1v) is 6.83. The maximum atomic E-state index is 12.5. The molecule has 1 heterocycles. The van der Waals surface area contributed by atoms with E-state index in [1.165, 1.54) is 11.3 Å². The zero-order chi connectivity index (χ0) is 13.1. The Morgan fingerprint density at radius 2 is 1.53 bits per heavy atom. The van der Waals surface area contributed by atoms with Crippen molar-refractivity contribution < 1.29 is 4.79 Å². The molecular weight excluding hydrogens is 254 g/mol. The van der Waals surface area contributed by atoms with E-state index in [1.807, 2.05) is 60.7 Å². The summed E-state index contributed by atoms with van der Waals surface area (Å²) in [5.41, 5.74) is 4.16. The molecule has 2 nitrogen and oxygen atoms in total. The standard InChI is InChI=1S/C16H11NOS/c18-15(13-9-5-2-6-10-13)16-14(17-11-19-16)12-7-3-1-4-8-12/h1-11H. The van der Waals surface area contributed by atoms with Gasteiger partial charge in [-0.25, -0.2) is 4.98 Å². The summed E-state index contributed by atoms with van der Waals surface area (Å²) in [5, 5.41) is 0.